The molecule has 1 fully saturated rings. The first kappa shape index (κ1) is 16.3. The highest BCUT2D eigenvalue weighted by Gasteiger charge is 2.22. The number of aliphatic hydroxyl groups excluding tert-OH is 1. The molecule has 1 aliphatic rings. The number of carbonyl (C=O) groups excluding carboxylic acids is 1. The average Bonchev–Trinajstić information content (AvgIpc) is 2.91. The molecule has 0 atom stereocenters. The van der Waals surface area contributed by atoms with Gasteiger partial charge in [-0.15, -0.1) is 0 Å². The van der Waals surface area contributed by atoms with E-state index in [1.54, 1.807) is 10.9 Å². The zero-order chi connectivity index (χ0) is 16.1. The molecule has 1 heterocycles. The number of hydrogen-bond acceptors (Lipinski definition) is 4. The Morgan fingerprint density at radius 3 is 2.73 bits per heavy atom. The van der Waals surface area contributed by atoms with E-state index in [1.165, 1.54) is 0 Å². The van der Waals surface area contributed by atoms with E-state index < -0.39 is 0 Å². The molecule has 1 aliphatic carbocycles. The molecule has 3 N–H and O–H groups in total. The van der Waals surface area contributed by atoms with E-state index in [1.807, 2.05) is 19.9 Å². The quantitative estimate of drug-likeness (QED) is 0.791. The summed E-state index contributed by atoms with van der Waals surface area (Å²) >= 11 is 0. The highest BCUT2D eigenvalue weighted by atomic mass is 16.3. The van der Waals surface area contributed by atoms with Crippen molar-refractivity contribution in [3.8, 4) is 6.07 Å². The van der Waals surface area contributed by atoms with Crippen molar-refractivity contribution in [2.75, 3.05) is 11.9 Å². The Kier molecular flexibility index (Phi) is 5.39. The number of carbonyl (C=O) groups is 1. The van der Waals surface area contributed by atoms with Crippen LogP contribution in [0.5, 0.6) is 0 Å². The van der Waals surface area contributed by atoms with Crippen molar-refractivity contribution in [2.24, 2.45) is 5.92 Å². The summed E-state index contributed by atoms with van der Waals surface area (Å²) in [6.45, 7) is 4.13. The van der Waals surface area contributed by atoms with Gasteiger partial charge in [0.05, 0.1) is 0 Å². The SMILES string of the molecule is CC(C)n1cc(C#N)c(NC(=O)NC2CCC(CO)CC2)n1. The summed E-state index contributed by atoms with van der Waals surface area (Å²) in [5.74, 6) is 0.644. The van der Waals surface area contributed by atoms with Gasteiger partial charge in [0.2, 0.25) is 0 Å². The second kappa shape index (κ2) is 7.27. The molecule has 0 radical (unpaired) electrons. The predicted molar refractivity (Wildman–Crippen MR) is 82.3 cm³/mol. The number of urea groups is 1. The molecule has 7 nitrogen and oxygen atoms in total. The molecule has 0 aromatic carbocycles. The Bertz CT molecular complexity index is 553. The van der Waals surface area contributed by atoms with Crippen molar-refractivity contribution in [1.29, 1.82) is 5.26 Å². The molecule has 2 rings (SSSR count). The summed E-state index contributed by atoms with van der Waals surface area (Å²) in [4.78, 5) is 12.0. The predicted octanol–water partition coefficient (Wildman–Crippen LogP) is 2.01. The minimum atomic E-state index is -0.335. The van der Waals surface area contributed by atoms with Crippen LogP contribution in [0.3, 0.4) is 0 Å². The number of aromatic nitrogens is 2. The highest BCUT2D eigenvalue weighted by Crippen LogP contribution is 2.23. The van der Waals surface area contributed by atoms with E-state index in [0.29, 0.717) is 11.5 Å². The third-order valence-electron chi connectivity index (χ3n) is 4.05. The van der Waals surface area contributed by atoms with Gasteiger partial charge in [-0.1, -0.05) is 0 Å². The van der Waals surface area contributed by atoms with Crippen molar-refractivity contribution in [3.05, 3.63) is 11.8 Å². The number of anilines is 1. The van der Waals surface area contributed by atoms with Crippen LogP contribution in [0.1, 0.15) is 51.1 Å². The van der Waals surface area contributed by atoms with Gasteiger partial charge in [-0.05, 0) is 45.4 Å². The third kappa shape index (κ3) is 3.98. The topological polar surface area (TPSA) is 103 Å². The maximum Gasteiger partial charge on any atom is 0.320 e. The number of aliphatic hydroxyl groups is 1. The standard InChI is InChI=1S/C15H23N5O2/c1-10(2)20-8-12(7-16)14(19-20)18-15(22)17-13-5-3-11(9-21)4-6-13/h8,10-11,13,21H,3-6,9H2,1-2H3,(H2,17,18,19,22). The first-order valence-corrected chi connectivity index (χ1v) is 7.71. The zero-order valence-electron chi connectivity index (χ0n) is 13.0. The molecule has 0 aliphatic heterocycles. The number of nitrogens with zero attached hydrogens (tertiary/aromatic N) is 3. The van der Waals surface area contributed by atoms with Crippen LogP contribution in [0.2, 0.25) is 0 Å². The third-order valence-corrected chi connectivity index (χ3v) is 4.05. The molecule has 22 heavy (non-hydrogen) atoms. The lowest BCUT2D eigenvalue weighted by Crippen LogP contribution is -2.40. The van der Waals surface area contributed by atoms with E-state index in [-0.39, 0.29) is 30.5 Å². The van der Waals surface area contributed by atoms with Gasteiger partial charge in [-0.3, -0.25) is 10.00 Å². The summed E-state index contributed by atoms with van der Waals surface area (Å²) in [5.41, 5.74) is 0.354. The number of nitriles is 1. The molecule has 0 saturated heterocycles. The molecule has 1 saturated carbocycles. The fourth-order valence-electron chi connectivity index (χ4n) is 2.65. The van der Waals surface area contributed by atoms with Gasteiger partial charge >= 0.3 is 6.03 Å². The molecule has 0 spiro atoms. The van der Waals surface area contributed by atoms with E-state index in [0.717, 1.165) is 25.7 Å². The van der Waals surface area contributed by atoms with Gasteiger partial charge < -0.3 is 10.4 Å². The largest absolute Gasteiger partial charge is 0.396 e. The molecule has 0 bridgehead atoms. The maximum absolute atomic E-state index is 12.0. The molecule has 7 heteroatoms. The molecule has 2 amide bonds. The summed E-state index contributed by atoms with van der Waals surface area (Å²) in [6, 6.07) is 1.94. The monoisotopic (exact) mass is 305 g/mol. The minimum absolute atomic E-state index is 0.112. The van der Waals surface area contributed by atoms with Gasteiger partial charge in [0.25, 0.3) is 0 Å². The smallest absolute Gasteiger partial charge is 0.320 e. The summed E-state index contributed by atoms with van der Waals surface area (Å²) in [7, 11) is 0. The number of amides is 2. The van der Waals surface area contributed by atoms with Crippen molar-refractivity contribution in [2.45, 2.75) is 51.6 Å². The molecule has 0 unspecified atom stereocenters. The summed E-state index contributed by atoms with van der Waals surface area (Å²) < 4.78 is 1.65. The van der Waals surface area contributed by atoms with E-state index in [4.69, 9.17) is 10.4 Å². The Morgan fingerprint density at radius 2 is 2.18 bits per heavy atom. The fourth-order valence-corrected chi connectivity index (χ4v) is 2.65. The van der Waals surface area contributed by atoms with E-state index >= 15 is 0 Å². The Hall–Kier alpha value is -2.07. The van der Waals surface area contributed by atoms with Gasteiger partial charge in [-0.25, -0.2) is 4.79 Å². The second-order valence-electron chi connectivity index (χ2n) is 6.08. The molecule has 1 aromatic heterocycles. The number of hydrogen-bond donors (Lipinski definition) is 3. The lowest BCUT2D eigenvalue weighted by atomic mass is 9.87. The van der Waals surface area contributed by atoms with Gasteiger partial charge in [0, 0.05) is 24.9 Å². The van der Waals surface area contributed by atoms with Gasteiger partial charge in [0.1, 0.15) is 11.6 Å². The Balaban J connectivity index is 1.91. The lowest BCUT2D eigenvalue weighted by molar-refractivity contribution is 0.176. The van der Waals surface area contributed by atoms with Crippen LogP contribution in [0.4, 0.5) is 10.6 Å². The summed E-state index contributed by atoms with van der Waals surface area (Å²) in [5, 5.41) is 28.0. The maximum atomic E-state index is 12.0. The van der Waals surface area contributed by atoms with Gasteiger partial charge in [0.15, 0.2) is 5.82 Å². The molecule has 120 valence electrons. The zero-order valence-corrected chi connectivity index (χ0v) is 13.0. The van der Waals surface area contributed by atoms with Crippen LogP contribution in [0.15, 0.2) is 6.20 Å². The van der Waals surface area contributed by atoms with Crippen molar-refractivity contribution in [3.63, 3.8) is 0 Å². The van der Waals surface area contributed by atoms with Gasteiger partial charge in [-0.2, -0.15) is 10.4 Å². The fraction of sp³-hybridized carbons (Fsp3) is 0.667. The van der Waals surface area contributed by atoms with Crippen LogP contribution in [0, 0.1) is 17.2 Å². The van der Waals surface area contributed by atoms with E-state index in [9.17, 15) is 4.79 Å². The summed E-state index contributed by atoms with van der Waals surface area (Å²) in [6.07, 6.45) is 5.21. The van der Waals surface area contributed by atoms with Crippen LogP contribution in [0.25, 0.3) is 0 Å². The van der Waals surface area contributed by atoms with Crippen LogP contribution in [-0.4, -0.2) is 33.6 Å². The Labute approximate surface area is 130 Å². The van der Waals surface area contributed by atoms with Crippen LogP contribution in [-0.2, 0) is 0 Å². The minimum Gasteiger partial charge on any atom is -0.396 e. The Morgan fingerprint density at radius 1 is 1.50 bits per heavy atom. The van der Waals surface area contributed by atoms with Crippen LogP contribution < -0.4 is 10.6 Å². The first-order chi connectivity index (χ1) is 10.5. The number of rotatable bonds is 4. The highest BCUT2D eigenvalue weighted by molar-refractivity contribution is 5.89. The average molecular weight is 305 g/mol. The normalized spacial score (nSPS) is 21.4. The number of nitrogens with one attached hydrogen (secondary N) is 2. The molecular weight excluding hydrogens is 282 g/mol. The molecular formula is C15H23N5O2. The second-order valence-corrected chi connectivity index (χ2v) is 6.08. The lowest BCUT2D eigenvalue weighted by Gasteiger charge is -2.27. The van der Waals surface area contributed by atoms with Crippen molar-refractivity contribution < 1.29 is 9.90 Å². The van der Waals surface area contributed by atoms with Crippen LogP contribution >= 0.6 is 0 Å². The van der Waals surface area contributed by atoms with Crippen molar-refractivity contribution >= 4 is 11.8 Å². The van der Waals surface area contributed by atoms with E-state index in [2.05, 4.69) is 15.7 Å². The van der Waals surface area contributed by atoms with Crippen molar-refractivity contribution in [1.82, 2.24) is 15.1 Å². The first-order valence-electron chi connectivity index (χ1n) is 7.71. The molecule has 1 aromatic rings.